The van der Waals surface area contributed by atoms with Gasteiger partial charge in [0.05, 0.1) is 20.8 Å². The molecular formula is C10H16O6. The Labute approximate surface area is 93.8 Å². The molecule has 6 heteroatoms. The van der Waals surface area contributed by atoms with Crippen LogP contribution in [0.3, 0.4) is 0 Å². The number of methoxy groups -OCH3 is 3. The van der Waals surface area contributed by atoms with Gasteiger partial charge in [0.1, 0.15) is 5.92 Å². The summed E-state index contributed by atoms with van der Waals surface area (Å²) in [6.07, 6.45) is 1.14. The molecule has 6 nitrogen and oxygen atoms in total. The second-order valence-corrected chi connectivity index (χ2v) is 3.43. The first kappa shape index (κ1) is 12.9. The van der Waals surface area contributed by atoms with Gasteiger partial charge in [0.2, 0.25) is 0 Å². The zero-order chi connectivity index (χ0) is 12.2. The van der Waals surface area contributed by atoms with Gasteiger partial charge in [0, 0.05) is 7.11 Å². The topological polar surface area (TPSA) is 71.1 Å². The molecule has 1 saturated heterocycles. The van der Waals surface area contributed by atoms with Crippen LogP contribution < -0.4 is 0 Å². The van der Waals surface area contributed by atoms with Gasteiger partial charge in [-0.15, -0.1) is 0 Å². The highest BCUT2D eigenvalue weighted by atomic mass is 16.7. The largest absolute Gasteiger partial charge is 0.469 e. The minimum atomic E-state index is -1.67. The number of ether oxygens (including phenoxy) is 4. The minimum Gasteiger partial charge on any atom is -0.469 e. The molecule has 92 valence electrons. The van der Waals surface area contributed by atoms with Gasteiger partial charge in [0.15, 0.2) is 0 Å². The van der Waals surface area contributed by atoms with Gasteiger partial charge in [-0.05, 0) is 12.8 Å². The second kappa shape index (κ2) is 5.27. The Hall–Kier alpha value is -1.14. The first-order valence-corrected chi connectivity index (χ1v) is 4.97. The van der Waals surface area contributed by atoms with E-state index in [1.807, 2.05) is 0 Å². The van der Waals surface area contributed by atoms with Crippen molar-refractivity contribution in [1.29, 1.82) is 0 Å². The number of hydrogen-bond donors (Lipinski definition) is 0. The summed E-state index contributed by atoms with van der Waals surface area (Å²) in [5.41, 5.74) is 0. The van der Waals surface area contributed by atoms with E-state index < -0.39 is 23.6 Å². The SMILES string of the molecule is COC(=O)C1CCCOC1(OC)C(=O)OC. The highest BCUT2D eigenvalue weighted by molar-refractivity contribution is 5.86. The molecule has 2 atom stereocenters. The van der Waals surface area contributed by atoms with Crippen LogP contribution in [0.4, 0.5) is 0 Å². The van der Waals surface area contributed by atoms with E-state index in [9.17, 15) is 9.59 Å². The maximum Gasteiger partial charge on any atom is 0.367 e. The Balaban J connectivity index is 3.00. The third-order valence-corrected chi connectivity index (χ3v) is 2.67. The van der Waals surface area contributed by atoms with Crippen LogP contribution in [0, 0.1) is 5.92 Å². The number of hydrogen-bond acceptors (Lipinski definition) is 6. The van der Waals surface area contributed by atoms with Crippen molar-refractivity contribution in [3.8, 4) is 0 Å². The van der Waals surface area contributed by atoms with Gasteiger partial charge >= 0.3 is 11.9 Å². The van der Waals surface area contributed by atoms with Crippen molar-refractivity contribution in [3.63, 3.8) is 0 Å². The average Bonchev–Trinajstić information content (AvgIpc) is 2.36. The van der Waals surface area contributed by atoms with Gasteiger partial charge in [0.25, 0.3) is 5.79 Å². The Bertz CT molecular complexity index is 276. The molecular weight excluding hydrogens is 216 g/mol. The monoisotopic (exact) mass is 232 g/mol. The maximum atomic E-state index is 11.7. The summed E-state index contributed by atoms with van der Waals surface area (Å²) >= 11 is 0. The lowest BCUT2D eigenvalue weighted by atomic mass is 9.90. The van der Waals surface area contributed by atoms with Gasteiger partial charge in [-0.2, -0.15) is 0 Å². The molecule has 0 aliphatic carbocycles. The maximum absolute atomic E-state index is 11.7. The molecule has 2 unspecified atom stereocenters. The molecule has 0 aromatic rings. The highest BCUT2D eigenvalue weighted by Crippen LogP contribution is 2.34. The normalized spacial score (nSPS) is 29.6. The fourth-order valence-corrected chi connectivity index (χ4v) is 1.85. The molecule has 1 heterocycles. The molecule has 0 bridgehead atoms. The standard InChI is InChI=1S/C10H16O6/c1-13-8(11)7-5-4-6-16-10(7,15-3)9(12)14-2/h7H,4-6H2,1-3H3. The third kappa shape index (κ3) is 2.03. The molecule has 16 heavy (non-hydrogen) atoms. The first-order chi connectivity index (χ1) is 7.62. The number of carbonyl (C=O) groups is 2. The molecule has 0 amide bonds. The van der Waals surface area contributed by atoms with Crippen LogP contribution in [-0.4, -0.2) is 45.7 Å². The molecule has 1 fully saturated rings. The third-order valence-electron chi connectivity index (χ3n) is 2.67. The van der Waals surface area contributed by atoms with Crippen LogP contribution in [-0.2, 0) is 28.5 Å². The number of carbonyl (C=O) groups excluding carboxylic acids is 2. The molecule has 0 N–H and O–H groups in total. The van der Waals surface area contributed by atoms with Gasteiger partial charge in [-0.1, -0.05) is 0 Å². The zero-order valence-corrected chi connectivity index (χ0v) is 9.65. The summed E-state index contributed by atoms with van der Waals surface area (Å²) in [6.45, 7) is 0.344. The minimum absolute atomic E-state index is 0.344. The quantitative estimate of drug-likeness (QED) is 0.643. The van der Waals surface area contributed by atoms with E-state index in [0.717, 1.165) is 0 Å². The van der Waals surface area contributed by atoms with E-state index in [1.54, 1.807) is 0 Å². The van der Waals surface area contributed by atoms with E-state index in [1.165, 1.54) is 21.3 Å². The van der Waals surface area contributed by atoms with E-state index in [0.29, 0.717) is 19.4 Å². The summed E-state index contributed by atoms with van der Waals surface area (Å²) in [4.78, 5) is 23.2. The predicted molar refractivity (Wildman–Crippen MR) is 52.4 cm³/mol. The van der Waals surface area contributed by atoms with E-state index >= 15 is 0 Å². The van der Waals surface area contributed by atoms with E-state index in [2.05, 4.69) is 9.47 Å². The Morgan fingerprint density at radius 3 is 2.44 bits per heavy atom. The lowest BCUT2D eigenvalue weighted by molar-refractivity contribution is -0.271. The van der Waals surface area contributed by atoms with Crippen molar-refractivity contribution in [2.75, 3.05) is 27.9 Å². The average molecular weight is 232 g/mol. The van der Waals surface area contributed by atoms with Crippen molar-refractivity contribution in [2.45, 2.75) is 18.6 Å². The molecule has 1 aliphatic rings. The van der Waals surface area contributed by atoms with Crippen LogP contribution in [0.2, 0.25) is 0 Å². The van der Waals surface area contributed by atoms with Crippen LogP contribution in [0.1, 0.15) is 12.8 Å². The van der Waals surface area contributed by atoms with E-state index in [-0.39, 0.29) is 0 Å². The number of rotatable bonds is 3. The molecule has 0 aromatic carbocycles. The summed E-state index contributed by atoms with van der Waals surface area (Å²) in [5, 5.41) is 0. The molecule has 0 radical (unpaired) electrons. The molecule has 0 spiro atoms. The molecule has 0 saturated carbocycles. The summed E-state index contributed by atoms with van der Waals surface area (Å²) < 4.78 is 19.6. The Kier molecular flexibility index (Phi) is 4.26. The van der Waals surface area contributed by atoms with Gasteiger partial charge in [-0.3, -0.25) is 4.79 Å². The molecule has 0 aromatic heterocycles. The lowest BCUT2D eigenvalue weighted by Crippen LogP contribution is -2.56. The Morgan fingerprint density at radius 2 is 1.94 bits per heavy atom. The van der Waals surface area contributed by atoms with Crippen molar-refractivity contribution in [3.05, 3.63) is 0 Å². The van der Waals surface area contributed by atoms with Crippen LogP contribution in [0.5, 0.6) is 0 Å². The lowest BCUT2D eigenvalue weighted by Gasteiger charge is -2.38. The molecule has 1 aliphatic heterocycles. The first-order valence-electron chi connectivity index (χ1n) is 4.97. The smallest absolute Gasteiger partial charge is 0.367 e. The summed E-state index contributed by atoms with van der Waals surface area (Å²) in [6, 6.07) is 0. The van der Waals surface area contributed by atoms with Gasteiger partial charge in [-0.25, -0.2) is 4.79 Å². The summed E-state index contributed by atoms with van der Waals surface area (Å²) in [5.74, 6) is -3.71. The van der Waals surface area contributed by atoms with Gasteiger partial charge < -0.3 is 18.9 Å². The van der Waals surface area contributed by atoms with E-state index in [4.69, 9.17) is 9.47 Å². The fourth-order valence-electron chi connectivity index (χ4n) is 1.85. The van der Waals surface area contributed by atoms with Crippen molar-refractivity contribution in [2.24, 2.45) is 5.92 Å². The Morgan fingerprint density at radius 1 is 1.25 bits per heavy atom. The van der Waals surface area contributed by atoms with Crippen LogP contribution in [0.25, 0.3) is 0 Å². The van der Waals surface area contributed by atoms with Crippen molar-refractivity contribution < 1.29 is 28.5 Å². The van der Waals surface area contributed by atoms with Crippen LogP contribution in [0.15, 0.2) is 0 Å². The van der Waals surface area contributed by atoms with Crippen molar-refractivity contribution >= 4 is 11.9 Å². The second-order valence-electron chi connectivity index (χ2n) is 3.43. The van der Waals surface area contributed by atoms with Crippen LogP contribution >= 0.6 is 0 Å². The van der Waals surface area contributed by atoms with Crippen molar-refractivity contribution in [1.82, 2.24) is 0 Å². The highest BCUT2D eigenvalue weighted by Gasteiger charge is 2.54. The fraction of sp³-hybridized carbons (Fsp3) is 0.800. The number of esters is 2. The summed E-state index contributed by atoms with van der Waals surface area (Å²) in [7, 11) is 3.78. The predicted octanol–water partition coefficient (Wildman–Crippen LogP) is 0.102. The zero-order valence-electron chi connectivity index (χ0n) is 9.65. The molecule has 1 rings (SSSR count).